The summed E-state index contributed by atoms with van der Waals surface area (Å²) in [4.78, 5) is 8.71. The van der Waals surface area contributed by atoms with Crippen LogP contribution in [0, 0.1) is 0 Å². The van der Waals surface area contributed by atoms with Crippen LogP contribution in [0.2, 0.25) is 0 Å². The van der Waals surface area contributed by atoms with E-state index in [2.05, 4.69) is 66.3 Å². The van der Waals surface area contributed by atoms with E-state index in [0.29, 0.717) is 6.54 Å². The fraction of sp³-hybridized carbons (Fsp3) is 0.222. The normalized spacial score (nSPS) is 11.5. The lowest BCUT2D eigenvalue weighted by atomic mass is 10.2. The van der Waals surface area contributed by atoms with Gasteiger partial charge in [-0.1, -0.05) is 30.3 Å². The Morgan fingerprint density at radius 3 is 2.71 bits per heavy atom. The quantitative estimate of drug-likeness (QED) is 0.536. The molecule has 0 radical (unpaired) electrons. The van der Waals surface area contributed by atoms with E-state index in [1.54, 1.807) is 18.4 Å². The molecule has 0 atom stereocenters. The number of rotatable bonds is 6. The first kappa shape index (κ1) is 16.3. The first-order valence-electron chi connectivity index (χ1n) is 7.84. The number of guanidine groups is 1. The molecular formula is C18H21N5S. The number of thiophene rings is 1. The zero-order chi connectivity index (χ0) is 16.6. The Kier molecular flexibility index (Phi) is 5.63. The Labute approximate surface area is 146 Å². The van der Waals surface area contributed by atoms with Crippen molar-refractivity contribution in [3.05, 3.63) is 76.5 Å². The number of aliphatic imine (C=N–C) groups is 1. The van der Waals surface area contributed by atoms with E-state index in [9.17, 15) is 0 Å². The van der Waals surface area contributed by atoms with Gasteiger partial charge in [-0.2, -0.15) is 11.3 Å². The van der Waals surface area contributed by atoms with Gasteiger partial charge in [-0.25, -0.2) is 4.98 Å². The van der Waals surface area contributed by atoms with Gasteiger partial charge in [0.25, 0.3) is 0 Å². The summed E-state index contributed by atoms with van der Waals surface area (Å²) in [5, 5.41) is 10.8. The predicted molar refractivity (Wildman–Crippen MR) is 99.1 cm³/mol. The highest BCUT2D eigenvalue weighted by atomic mass is 32.1. The molecule has 0 aliphatic rings. The van der Waals surface area contributed by atoms with E-state index in [1.165, 1.54) is 11.1 Å². The van der Waals surface area contributed by atoms with Crippen molar-refractivity contribution in [2.75, 3.05) is 7.05 Å². The van der Waals surface area contributed by atoms with Gasteiger partial charge in [0, 0.05) is 32.5 Å². The minimum absolute atomic E-state index is 0.628. The van der Waals surface area contributed by atoms with Crippen molar-refractivity contribution >= 4 is 17.3 Å². The van der Waals surface area contributed by atoms with E-state index >= 15 is 0 Å². The van der Waals surface area contributed by atoms with Crippen LogP contribution in [-0.2, 0) is 19.6 Å². The molecule has 2 heterocycles. The molecule has 5 nitrogen and oxygen atoms in total. The fourth-order valence-electron chi connectivity index (χ4n) is 2.39. The Hall–Kier alpha value is -2.60. The van der Waals surface area contributed by atoms with Crippen molar-refractivity contribution in [1.29, 1.82) is 0 Å². The highest BCUT2D eigenvalue weighted by molar-refractivity contribution is 7.07. The van der Waals surface area contributed by atoms with E-state index in [4.69, 9.17) is 0 Å². The molecule has 0 aliphatic carbocycles. The predicted octanol–water partition coefficient (Wildman–Crippen LogP) is 2.86. The maximum absolute atomic E-state index is 4.45. The molecule has 2 N–H and O–H groups in total. The molecule has 0 bridgehead atoms. The maximum Gasteiger partial charge on any atom is 0.191 e. The zero-order valence-corrected chi connectivity index (χ0v) is 14.5. The molecule has 2 aromatic heterocycles. The van der Waals surface area contributed by atoms with Crippen molar-refractivity contribution in [1.82, 2.24) is 20.2 Å². The number of aromatic nitrogens is 2. The molecule has 0 saturated carbocycles. The standard InChI is InChI=1S/C18H21N5S/c1-19-18(21-11-16-7-10-24-14-16)22-12-17-20-8-9-23(17)13-15-5-3-2-4-6-15/h2-10,14H,11-13H2,1H3,(H2,19,21,22). The van der Waals surface area contributed by atoms with Gasteiger partial charge in [-0.3, -0.25) is 4.99 Å². The summed E-state index contributed by atoms with van der Waals surface area (Å²) >= 11 is 1.70. The molecule has 3 rings (SSSR count). The molecule has 0 amide bonds. The van der Waals surface area contributed by atoms with E-state index in [1.807, 2.05) is 18.5 Å². The molecule has 124 valence electrons. The highest BCUT2D eigenvalue weighted by Crippen LogP contribution is 2.06. The second-order valence-corrected chi connectivity index (χ2v) is 6.15. The monoisotopic (exact) mass is 339 g/mol. The van der Waals surface area contributed by atoms with Crippen molar-refractivity contribution in [2.24, 2.45) is 4.99 Å². The van der Waals surface area contributed by atoms with Gasteiger partial charge in [0.15, 0.2) is 5.96 Å². The number of benzene rings is 1. The topological polar surface area (TPSA) is 54.2 Å². The van der Waals surface area contributed by atoms with Gasteiger partial charge in [0.05, 0.1) is 6.54 Å². The lowest BCUT2D eigenvalue weighted by Gasteiger charge is -2.12. The molecule has 0 unspecified atom stereocenters. The van der Waals surface area contributed by atoms with Crippen molar-refractivity contribution in [3.8, 4) is 0 Å². The Morgan fingerprint density at radius 2 is 1.96 bits per heavy atom. The van der Waals surface area contributed by atoms with Crippen LogP contribution in [0.1, 0.15) is 17.0 Å². The van der Waals surface area contributed by atoms with Crippen molar-refractivity contribution in [2.45, 2.75) is 19.6 Å². The maximum atomic E-state index is 4.45. The SMILES string of the molecule is CN=C(NCc1ccsc1)NCc1nccn1Cc1ccccc1. The Morgan fingerprint density at radius 1 is 1.12 bits per heavy atom. The van der Waals surface area contributed by atoms with Crippen molar-refractivity contribution < 1.29 is 0 Å². The third-order valence-electron chi connectivity index (χ3n) is 3.68. The smallest absolute Gasteiger partial charge is 0.191 e. The van der Waals surface area contributed by atoms with Crippen molar-refractivity contribution in [3.63, 3.8) is 0 Å². The lowest BCUT2D eigenvalue weighted by molar-refractivity contribution is 0.688. The number of imidazole rings is 1. The number of nitrogens with one attached hydrogen (secondary N) is 2. The van der Waals surface area contributed by atoms with Gasteiger partial charge in [0.1, 0.15) is 5.82 Å². The Balaban J connectivity index is 1.55. The summed E-state index contributed by atoms with van der Waals surface area (Å²) in [6.07, 6.45) is 3.84. The minimum Gasteiger partial charge on any atom is -0.352 e. The number of hydrogen-bond donors (Lipinski definition) is 2. The highest BCUT2D eigenvalue weighted by Gasteiger charge is 2.05. The third kappa shape index (κ3) is 4.45. The zero-order valence-electron chi connectivity index (χ0n) is 13.6. The molecule has 24 heavy (non-hydrogen) atoms. The third-order valence-corrected chi connectivity index (χ3v) is 4.41. The number of nitrogens with zero attached hydrogens (tertiary/aromatic N) is 3. The fourth-order valence-corrected chi connectivity index (χ4v) is 3.06. The lowest BCUT2D eigenvalue weighted by Crippen LogP contribution is -2.36. The Bertz CT molecular complexity index is 762. The average molecular weight is 339 g/mol. The van der Waals surface area contributed by atoms with Gasteiger partial charge in [-0.15, -0.1) is 0 Å². The second kappa shape index (κ2) is 8.31. The van der Waals surface area contributed by atoms with Crippen LogP contribution in [0.15, 0.2) is 64.5 Å². The molecule has 1 aromatic carbocycles. The molecule has 0 spiro atoms. The summed E-state index contributed by atoms with van der Waals surface area (Å²) < 4.78 is 2.15. The molecule has 0 saturated heterocycles. The average Bonchev–Trinajstić information content (AvgIpc) is 3.28. The van der Waals surface area contributed by atoms with Crippen LogP contribution < -0.4 is 10.6 Å². The first-order chi connectivity index (χ1) is 11.8. The van der Waals surface area contributed by atoms with E-state index < -0.39 is 0 Å². The minimum atomic E-state index is 0.628. The van der Waals surface area contributed by atoms with E-state index in [-0.39, 0.29) is 0 Å². The molecule has 6 heteroatoms. The molecule has 0 fully saturated rings. The molecule has 3 aromatic rings. The molecule has 0 aliphatic heterocycles. The van der Waals surface area contributed by atoms with Crippen LogP contribution in [-0.4, -0.2) is 22.6 Å². The first-order valence-corrected chi connectivity index (χ1v) is 8.79. The van der Waals surface area contributed by atoms with E-state index in [0.717, 1.165) is 24.9 Å². The largest absolute Gasteiger partial charge is 0.352 e. The molecular weight excluding hydrogens is 318 g/mol. The van der Waals surface area contributed by atoms with Crippen LogP contribution in [0.4, 0.5) is 0 Å². The summed E-state index contributed by atoms with van der Waals surface area (Å²) in [6, 6.07) is 12.5. The van der Waals surface area contributed by atoms with Gasteiger partial charge in [-0.05, 0) is 28.0 Å². The van der Waals surface area contributed by atoms with Crippen LogP contribution in [0.5, 0.6) is 0 Å². The van der Waals surface area contributed by atoms with Gasteiger partial charge < -0.3 is 15.2 Å². The summed E-state index contributed by atoms with van der Waals surface area (Å²) in [7, 11) is 1.78. The summed E-state index contributed by atoms with van der Waals surface area (Å²) in [6.45, 7) is 2.21. The van der Waals surface area contributed by atoms with Crippen LogP contribution in [0.3, 0.4) is 0 Å². The summed E-state index contributed by atoms with van der Waals surface area (Å²) in [5.74, 6) is 1.76. The van der Waals surface area contributed by atoms with Crippen LogP contribution >= 0.6 is 11.3 Å². The second-order valence-electron chi connectivity index (χ2n) is 5.37. The van der Waals surface area contributed by atoms with Gasteiger partial charge in [0.2, 0.25) is 0 Å². The summed E-state index contributed by atoms with van der Waals surface area (Å²) in [5.41, 5.74) is 2.52. The van der Waals surface area contributed by atoms with Gasteiger partial charge >= 0.3 is 0 Å². The number of hydrogen-bond acceptors (Lipinski definition) is 3. The van der Waals surface area contributed by atoms with Crippen LogP contribution in [0.25, 0.3) is 0 Å².